The Balaban J connectivity index is 1.26. The third-order valence-corrected chi connectivity index (χ3v) is 6.59. The van der Waals surface area contributed by atoms with E-state index >= 15 is 0 Å². The number of halogens is 2. The van der Waals surface area contributed by atoms with E-state index in [-0.39, 0.29) is 16.6 Å². The molecule has 3 amide bonds. The number of carbonyl (C=O) groups excluding carboxylic acids is 3. The zero-order valence-corrected chi connectivity index (χ0v) is 22.1. The van der Waals surface area contributed by atoms with Gasteiger partial charge < -0.3 is 16.0 Å². The number of imide groups is 1. The highest BCUT2D eigenvalue weighted by Crippen LogP contribution is 2.31. The smallest absolute Gasteiger partial charge is 0.283 e. The van der Waals surface area contributed by atoms with Crippen LogP contribution in [0.15, 0.2) is 118 Å². The van der Waals surface area contributed by atoms with E-state index in [1.165, 1.54) is 0 Å². The van der Waals surface area contributed by atoms with Gasteiger partial charge in [0.1, 0.15) is 10.7 Å². The van der Waals surface area contributed by atoms with Crippen LogP contribution in [0.2, 0.25) is 0 Å². The molecule has 0 bridgehead atoms. The molecule has 188 valence electrons. The molecule has 0 aromatic heterocycles. The number of benzene rings is 4. The molecule has 7 nitrogen and oxygen atoms in total. The second kappa shape index (κ2) is 10.9. The summed E-state index contributed by atoms with van der Waals surface area (Å²) in [4.78, 5) is 39.6. The first-order valence-corrected chi connectivity index (χ1v) is 12.7. The summed E-state index contributed by atoms with van der Waals surface area (Å²) in [7, 11) is 0. The predicted octanol–water partition coefficient (Wildman–Crippen LogP) is 6.88. The summed E-state index contributed by atoms with van der Waals surface area (Å²) in [6.45, 7) is 0. The molecule has 0 spiro atoms. The van der Waals surface area contributed by atoms with Crippen molar-refractivity contribution in [1.29, 1.82) is 0 Å². The van der Waals surface area contributed by atoms with Crippen molar-refractivity contribution in [1.82, 2.24) is 0 Å². The Kier molecular flexibility index (Phi) is 7.26. The largest absolute Gasteiger partial charge is 0.356 e. The minimum atomic E-state index is -0.624. The topological polar surface area (TPSA) is 90.5 Å². The van der Waals surface area contributed by atoms with Gasteiger partial charge in [-0.1, -0.05) is 51.8 Å². The Morgan fingerprint density at radius 2 is 1.32 bits per heavy atom. The van der Waals surface area contributed by atoms with E-state index in [1.54, 1.807) is 60.7 Å². The summed E-state index contributed by atoms with van der Waals surface area (Å²) in [6.07, 6.45) is 0. The van der Waals surface area contributed by atoms with E-state index in [0.717, 1.165) is 20.7 Å². The fraction of sp³-hybridized carbons (Fsp3) is 0. The molecule has 1 heterocycles. The van der Waals surface area contributed by atoms with Crippen LogP contribution in [0.25, 0.3) is 0 Å². The van der Waals surface area contributed by atoms with Crippen molar-refractivity contribution in [2.45, 2.75) is 0 Å². The molecule has 4 aromatic rings. The van der Waals surface area contributed by atoms with Gasteiger partial charge >= 0.3 is 0 Å². The monoisotopic (exact) mass is 586 g/mol. The normalized spacial score (nSPS) is 13.1. The minimum Gasteiger partial charge on any atom is -0.356 e. The zero-order valence-electron chi connectivity index (χ0n) is 19.7. The maximum atomic E-state index is 13.0. The zero-order chi connectivity index (χ0) is 26.6. The van der Waals surface area contributed by atoms with Gasteiger partial charge in [-0.15, -0.1) is 0 Å². The van der Waals surface area contributed by atoms with Gasteiger partial charge in [-0.25, -0.2) is 4.90 Å². The molecular weight excluding hydrogens is 568 g/mol. The minimum absolute atomic E-state index is 0.0568. The lowest BCUT2D eigenvalue weighted by Gasteiger charge is -2.15. The number of carbonyl (C=O) groups is 3. The van der Waals surface area contributed by atoms with Crippen LogP contribution in [-0.2, 0) is 9.59 Å². The summed E-state index contributed by atoms with van der Waals surface area (Å²) >= 11 is 9.57. The summed E-state index contributed by atoms with van der Waals surface area (Å²) in [5.41, 5.74) is 3.62. The van der Waals surface area contributed by atoms with Crippen LogP contribution in [0.1, 0.15) is 10.4 Å². The highest BCUT2D eigenvalue weighted by molar-refractivity contribution is 9.10. The number of amides is 3. The van der Waals surface area contributed by atoms with Crippen molar-refractivity contribution in [3.05, 3.63) is 124 Å². The first-order valence-electron chi connectivity index (χ1n) is 11.5. The van der Waals surface area contributed by atoms with Gasteiger partial charge in [0.05, 0.1) is 5.69 Å². The first kappa shape index (κ1) is 25.3. The molecule has 0 aliphatic carbocycles. The summed E-state index contributed by atoms with van der Waals surface area (Å²) < 4.78 is 0.813. The molecule has 0 fully saturated rings. The number of hydrogen-bond donors (Lipinski definition) is 3. The SMILES string of the molecule is O=C(Nc1ccc(Nc2ccccc2)cc1)c1cccc(NC2=C(Cl)C(=O)N(c3ccc(Br)cc3)C2=O)c1. The Morgan fingerprint density at radius 1 is 0.684 bits per heavy atom. The van der Waals surface area contributed by atoms with Crippen molar-refractivity contribution in [2.24, 2.45) is 0 Å². The van der Waals surface area contributed by atoms with E-state index in [1.807, 2.05) is 42.5 Å². The van der Waals surface area contributed by atoms with E-state index in [0.29, 0.717) is 22.6 Å². The average molecular weight is 588 g/mol. The van der Waals surface area contributed by atoms with Gasteiger partial charge in [-0.2, -0.15) is 0 Å². The summed E-state index contributed by atoms with van der Waals surface area (Å²) in [5, 5.41) is 8.84. The Bertz CT molecular complexity index is 1560. The third-order valence-electron chi connectivity index (χ3n) is 5.71. The van der Waals surface area contributed by atoms with Crippen molar-refractivity contribution in [2.75, 3.05) is 20.9 Å². The molecule has 0 atom stereocenters. The van der Waals surface area contributed by atoms with Gasteiger partial charge in [-0.3, -0.25) is 14.4 Å². The van der Waals surface area contributed by atoms with Crippen LogP contribution in [0.5, 0.6) is 0 Å². The number of anilines is 5. The molecule has 0 saturated carbocycles. The molecule has 4 aromatic carbocycles. The molecule has 0 unspecified atom stereocenters. The molecule has 9 heteroatoms. The molecular formula is C29H20BrClN4O3. The molecule has 38 heavy (non-hydrogen) atoms. The fourth-order valence-electron chi connectivity index (χ4n) is 3.85. The van der Waals surface area contributed by atoms with E-state index < -0.39 is 11.8 Å². The van der Waals surface area contributed by atoms with E-state index in [4.69, 9.17) is 11.6 Å². The van der Waals surface area contributed by atoms with Crippen molar-refractivity contribution in [3.8, 4) is 0 Å². The molecule has 3 N–H and O–H groups in total. The maximum absolute atomic E-state index is 13.0. The number of hydrogen-bond acceptors (Lipinski definition) is 5. The lowest BCUT2D eigenvalue weighted by Crippen LogP contribution is -2.32. The summed E-state index contributed by atoms with van der Waals surface area (Å²) in [5.74, 6) is -1.54. The molecule has 5 rings (SSSR count). The van der Waals surface area contributed by atoms with Crippen LogP contribution >= 0.6 is 27.5 Å². The number of nitrogens with one attached hydrogen (secondary N) is 3. The van der Waals surface area contributed by atoms with Gasteiger partial charge in [0.25, 0.3) is 17.7 Å². The van der Waals surface area contributed by atoms with Gasteiger partial charge in [0, 0.05) is 32.8 Å². The second-order valence-electron chi connectivity index (χ2n) is 8.34. The van der Waals surface area contributed by atoms with E-state index in [9.17, 15) is 14.4 Å². The van der Waals surface area contributed by atoms with Crippen LogP contribution in [0.4, 0.5) is 28.4 Å². The van der Waals surface area contributed by atoms with Crippen LogP contribution in [-0.4, -0.2) is 17.7 Å². The molecule has 0 saturated heterocycles. The number of rotatable bonds is 7. The van der Waals surface area contributed by atoms with E-state index in [2.05, 4.69) is 31.9 Å². The molecule has 1 aliphatic rings. The lowest BCUT2D eigenvalue weighted by atomic mass is 10.1. The maximum Gasteiger partial charge on any atom is 0.283 e. The molecule has 0 radical (unpaired) electrons. The predicted molar refractivity (Wildman–Crippen MR) is 154 cm³/mol. The third kappa shape index (κ3) is 5.46. The van der Waals surface area contributed by atoms with Crippen molar-refractivity contribution >= 4 is 73.7 Å². The average Bonchev–Trinajstić information content (AvgIpc) is 3.14. The lowest BCUT2D eigenvalue weighted by molar-refractivity contribution is -0.120. The number of para-hydroxylation sites is 1. The standard InChI is InChI=1S/C29H20BrClN4O3/c30-19-9-15-24(16-10-19)35-28(37)25(31)26(29(35)38)33-23-8-4-5-18(17-23)27(36)34-22-13-11-21(12-14-22)32-20-6-2-1-3-7-20/h1-17,32-33H,(H,34,36). The summed E-state index contributed by atoms with van der Waals surface area (Å²) in [6, 6.07) is 30.4. The van der Waals surface area contributed by atoms with Crippen molar-refractivity contribution in [3.63, 3.8) is 0 Å². The fourth-order valence-corrected chi connectivity index (χ4v) is 4.32. The van der Waals surface area contributed by atoms with Gasteiger partial charge in [-0.05, 0) is 78.9 Å². The molecule has 1 aliphatic heterocycles. The highest BCUT2D eigenvalue weighted by atomic mass is 79.9. The van der Waals surface area contributed by atoms with Gasteiger partial charge in [0.2, 0.25) is 0 Å². The van der Waals surface area contributed by atoms with Crippen LogP contribution < -0.4 is 20.9 Å². The highest BCUT2D eigenvalue weighted by Gasteiger charge is 2.39. The van der Waals surface area contributed by atoms with Gasteiger partial charge in [0.15, 0.2) is 0 Å². The second-order valence-corrected chi connectivity index (χ2v) is 9.63. The van der Waals surface area contributed by atoms with Crippen LogP contribution in [0.3, 0.4) is 0 Å². The van der Waals surface area contributed by atoms with Crippen LogP contribution in [0, 0.1) is 0 Å². The Hall–Kier alpha value is -4.40. The first-order chi connectivity index (χ1) is 18.4. The van der Waals surface area contributed by atoms with Crippen molar-refractivity contribution < 1.29 is 14.4 Å². The Labute approximate surface area is 232 Å². The quantitative estimate of drug-likeness (QED) is 0.205. The number of nitrogens with zero attached hydrogens (tertiary/aromatic N) is 1. The Morgan fingerprint density at radius 3 is 2.03 bits per heavy atom.